The molecule has 0 aromatic heterocycles. The summed E-state index contributed by atoms with van der Waals surface area (Å²) >= 11 is 0. The van der Waals surface area contributed by atoms with Crippen LogP contribution in [0.2, 0.25) is 0 Å². The van der Waals surface area contributed by atoms with E-state index in [0.29, 0.717) is 28.6 Å². The third-order valence-electron chi connectivity index (χ3n) is 5.20. The summed E-state index contributed by atoms with van der Waals surface area (Å²) in [7, 11) is 6.34. The van der Waals surface area contributed by atoms with Gasteiger partial charge in [-0.2, -0.15) is 0 Å². The van der Waals surface area contributed by atoms with Gasteiger partial charge < -0.3 is 23.7 Å². The second kappa shape index (κ2) is 6.68. The van der Waals surface area contributed by atoms with Crippen LogP contribution in [0.3, 0.4) is 0 Å². The fourth-order valence-electron chi connectivity index (χ4n) is 3.72. The van der Waals surface area contributed by atoms with E-state index in [2.05, 4.69) is 0 Å². The highest BCUT2D eigenvalue weighted by atomic mass is 16.6. The van der Waals surface area contributed by atoms with E-state index in [-0.39, 0.29) is 17.8 Å². The quantitative estimate of drug-likeness (QED) is 0.803. The van der Waals surface area contributed by atoms with Crippen molar-refractivity contribution in [2.45, 2.75) is 25.6 Å². The maximum atomic E-state index is 12.1. The van der Waals surface area contributed by atoms with E-state index in [1.54, 1.807) is 35.4 Å². The first-order valence-electron chi connectivity index (χ1n) is 8.39. The molecule has 0 saturated carbocycles. The largest absolute Gasteiger partial charge is 0.493 e. The summed E-state index contributed by atoms with van der Waals surface area (Å²) in [5, 5.41) is 0. The molecule has 6 heteroatoms. The Hall–Kier alpha value is -2.47. The topological polar surface area (TPSA) is 63.2 Å². The monoisotopic (exact) mass is 360 g/mol. The Labute approximate surface area is 153 Å². The van der Waals surface area contributed by atoms with E-state index in [1.165, 1.54) is 6.08 Å². The number of fused-ring (bicyclic) bond motifs is 1. The lowest BCUT2D eigenvalue weighted by molar-refractivity contribution is -0.112. The first kappa shape index (κ1) is 18.3. The van der Waals surface area contributed by atoms with Gasteiger partial charge in [0.05, 0.1) is 21.3 Å². The molecular formula is C20H24O6. The van der Waals surface area contributed by atoms with Crippen LogP contribution in [-0.4, -0.2) is 39.8 Å². The smallest absolute Gasteiger partial charge is 0.203 e. The minimum atomic E-state index is -0.761. The molecule has 0 amide bonds. The minimum absolute atomic E-state index is 0.0644. The summed E-state index contributed by atoms with van der Waals surface area (Å²) in [6.07, 6.45) is 3.05. The van der Waals surface area contributed by atoms with E-state index in [9.17, 15) is 4.79 Å². The lowest BCUT2D eigenvalue weighted by atomic mass is 9.79. The zero-order valence-electron chi connectivity index (χ0n) is 15.9. The molecule has 1 fully saturated rings. The second-order valence-corrected chi connectivity index (χ2v) is 6.48. The number of carbonyl (C=O) groups is 1. The van der Waals surface area contributed by atoms with Crippen molar-refractivity contribution in [2.75, 3.05) is 28.4 Å². The average molecular weight is 360 g/mol. The zero-order valence-corrected chi connectivity index (χ0v) is 15.9. The lowest BCUT2D eigenvalue weighted by Gasteiger charge is -2.31. The van der Waals surface area contributed by atoms with Crippen LogP contribution in [-0.2, 0) is 14.3 Å². The van der Waals surface area contributed by atoms with E-state index in [4.69, 9.17) is 23.7 Å². The third-order valence-corrected chi connectivity index (χ3v) is 5.20. The van der Waals surface area contributed by atoms with E-state index >= 15 is 0 Å². The predicted octanol–water partition coefficient (Wildman–Crippen LogP) is 3.22. The molecule has 140 valence electrons. The van der Waals surface area contributed by atoms with Gasteiger partial charge in [0.1, 0.15) is 17.5 Å². The highest BCUT2D eigenvalue weighted by Crippen LogP contribution is 2.53. The van der Waals surface area contributed by atoms with Crippen LogP contribution in [0.1, 0.15) is 25.5 Å². The highest BCUT2D eigenvalue weighted by Gasteiger charge is 2.53. The first-order chi connectivity index (χ1) is 12.4. The van der Waals surface area contributed by atoms with Gasteiger partial charge in [0.2, 0.25) is 5.75 Å². The van der Waals surface area contributed by atoms with E-state index in [0.717, 1.165) is 5.56 Å². The van der Waals surface area contributed by atoms with Crippen molar-refractivity contribution in [1.29, 1.82) is 0 Å². The third kappa shape index (κ3) is 2.56. The number of hydrogen-bond acceptors (Lipinski definition) is 6. The summed E-state index contributed by atoms with van der Waals surface area (Å²) in [5.74, 6) is 2.02. The Kier molecular flexibility index (Phi) is 4.71. The molecule has 0 radical (unpaired) electrons. The number of hydrogen-bond donors (Lipinski definition) is 0. The fourth-order valence-corrected chi connectivity index (χ4v) is 3.72. The normalized spacial score (nSPS) is 27.2. The number of methoxy groups -OCH3 is 4. The zero-order chi connectivity index (χ0) is 19.1. The molecule has 6 nitrogen and oxygen atoms in total. The first-order valence-corrected chi connectivity index (χ1v) is 8.39. The molecule has 0 bridgehead atoms. The number of carbonyl (C=O) groups excluding carboxylic acids is 1. The molecule has 0 N–H and O–H groups in total. The standard InChI is InChI=1S/C20H24O6/c1-11-10-20(25-6)12(2)18(26-17(20)9-14(11)21)13-7-15(22-3)19(24-5)16(8-13)23-4/h7-10,12,18H,1-6H3. The molecule has 1 aromatic carbocycles. The molecule has 1 heterocycles. The van der Waals surface area contributed by atoms with E-state index < -0.39 is 5.60 Å². The van der Waals surface area contributed by atoms with Crippen molar-refractivity contribution in [3.63, 3.8) is 0 Å². The molecule has 1 aliphatic heterocycles. The van der Waals surface area contributed by atoms with Crippen LogP contribution in [0, 0.1) is 5.92 Å². The van der Waals surface area contributed by atoms with Crippen molar-refractivity contribution in [3.05, 3.63) is 41.2 Å². The van der Waals surface area contributed by atoms with Gasteiger partial charge in [-0.25, -0.2) is 0 Å². The summed E-state index contributed by atoms with van der Waals surface area (Å²) < 4.78 is 28.3. The molecular weight excluding hydrogens is 336 g/mol. The molecule has 1 saturated heterocycles. The lowest BCUT2D eigenvalue weighted by Crippen LogP contribution is -2.37. The van der Waals surface area contributed by atoms with Gasteiger partial charge in [-0.3, -0.25) is 4.79 Å². The summed E-state index contributed by atoms with van der Waals surface area (Å²) in [5.41, 5.74) is 0.747. The van der Waals surface area contributed by atoms with Gasteiger partial charge in [-0.15, -0.1) is 0 Å². The predicted molar refractivity (Wildman–Crippen MR) is 95.7 cm³/mol. The van der Waals surface area contributed by atoms with Crippen LogP contribution >= 0.6 is 0 Å². The molecule has 0 spiro atoms. The molecule has 1 aliphatic carbocycles. The van der Waals surface area contributed by atoms with Gasteiger partial charge in [0, 0.05) is 24.7 Å². The number of allylic oxidation sites excluding steroid dienone is 2. The fraction of sp³-hybridized carbons (Fsp3) is 0.450. The average Bonchev–Trinajstić information content (AvgIpc) is 2.93. The van der Waals surface area contributed by atoms with E-state index in [1.807, 2.05) is 25.1 Å². The van der Waals surface area contributed by atoms with Gasteiger partial charge in [-0.05, 0) is 30.7 Å². The van der Waals surface area contributed by atoms with Gasteiger partial charge in [0.25, 0.3) is 0 Å². The number of ketones is 1. The highest BCUT2D eigenvalue weighted by molar-refractivity contribution is 6.05. The van der Waals surface area contributed by atoms with Gasteiger partial charge >= 0.3 is 0 Å². The van der Waals surface area contributed by atoms with Crippen LogP contribution in [0.4, 0.5) is 0 Å². The van der Waals surface area contributed by atoms with Crippen molar-refractivity contribution in [2.24, 2.45) is 5.92 Å². The SMILES string of the molecule is COc1cc(C2OC3=CC(=O)C(C)=CC3(OC)C2C)cc(OC)c1OC. The number of benzene rings is 1. The summed E-state index contributed by atoms with van der Waals surface area (Å²) in [6, 6.07) is 3.73. The minimum Gasteiger partial charge on any atom is -0.493 e. The Morgan fingerprint density at radius 2 is 1.65 bits per heavy atom. The summed E-state index contributed by atoms with van der Waals surface area (Å²) in [6.45, 7) is 3.83. The van der Waals surface area contributed by atoms with Crippen LogP contribution in [0.25, 0.3) is 0 Å². The number of rotatable bonds is 5. The van der Waals surface area contributed by atoms with Crippen molar-refractivity contribution in [3.8, 4) is 17.2 Å². The maximum absolute atomic E-state index is 12.1. The van der Waals surface area contributed by atoms with Crippen LogP contribution < -0.4 is 14.2 Å². The Balaban J connectivity index is 2.09. The molecule has 1 aromatic rings. The molecule has 26 heavy (non-hydrogen) atoms. The van der Waals surface area contributed by atoms with Gasteiger partial charge in [0.15, 0.2) is 17.3 Å². The second-order valence-electron chi connectivity index (χ2n) is 6.48. The molecule has 3 atom stereocenters. The van der Waals surface area contributed by atoms with Crippen molar-refractivity contribution in [1.82, 2.24) is 0 Å². The van der Waals surface area contributed by atoms with Crippen molar-refractivity contribution >= 4 is 5.78 Å². The summed E-state index contributed by atoms with van der Waals surface area (Å²) in [4.78, 5) is 12.1. The maximum Gasteiger partial charge on any atom is 0.203 e. The van der Waals surface area contributed by atoms with Crippen LogP contribution in [0.5, 0.6) is 17.2 Å². The Bertz CT molecular complexity index is 768. The molecule has 2 aliphatic rings. The Morgan fingerprint density at radius 3 is 2.15 bits per heavy atom. The van der Waals surface area contributed by atoms with Crippen molar-refractivity contribution < 1.29 is 28.5 Å². The number of ether oxygens (including phenoxy) is 5. The molecule has 3 rings (SSSR count). The molecule has 3 unspecified atom stereocenters. The Morgan fingerprint density at radius 1 is 1.04 bits per heavy atom. The van der Waals surface area contributed by atoms with Gasteiger partial charge in [-0.1, -0.05) is 6.92 Å². The van der Waals surface area contributed by atoms with Crippen LogP contribution in [0.15, 0.2) is 35.6 Å².